The molecule has 1 N–H and O–H groups in total. The number of aryl methyl sites for hydroxylation is 1. The van der Waals surface area contributed by atoms with E-state index in [2.05, 4.69) is 44.5 Å². The highest BCUT2D eigenvalue weighted by molar-refractivity contribution is 7.10. The van der Waals surface area contributed by atoms with Crippen LogP contribution < -0.4 is 5.32 Å². The van der Waals surface area contributed by atoms with E-state index in [1.54, 1.807) is 0 Å². The largest absolute Gasteiger partial charge is 0.309 e. The number of hydrogen-bond donors (Lipinski definition) is 1. The molecule has 0 atom stereocenters. The van der Waals surface area contributed by atoms with Gasteiger partial charge in [-0.1, -0.05) is 20.8 Å². The van der Waals surface area contributed by atoms with Gasteiger partial charge in [-0.05, 0) is 60.9 Å². The lowest BCUT2D eigenvalue weighted by atomic mass is 9.71. The van der Waals surface area contributed by atoms with E-state index in [0.29, 0.717) is 5.41 Å². The normalized spacial score (nSPS) is 25.3. The van der Waals surface area contributed by atoms with Crippen molar-refractivity contribution in [3.05, 3.63) is 21.9 Å². The van der Waals surface area contributed by atoms with Gasteiger partial charge in [-0.2, -0.15) is 0 Å². The van der Waals surface area contributed by atoms with Gasteiger partial charge in [-0.15, -0.1) is 11.3 Å². The van der Waals surface area contributed by atoms with E-state index in [1.165, 1.54) is 36.1 Å². The van der Waals surface area contributed by atoms with Crippen LogP contribution in [0.4, 0.5) is 0 Å². The lowest BCUT2D eigenvalue weighted by Crippen LogP contribution is -2.35. The van der Waals surface area contributed by atoms with E-state index in [1.807, 2.05) is 11.3 Å². The monoisotopic (exact) mass is 265 g/mol. The van der Waals surface area contributed by atoms with Gasteiger partial charge in [0.15, 0.2) is 0 Å². The minimum Gasteiger partial charge on any atom is -0.309 e. The molecule has 18 heavy (non-hydrogen) atoms. The average Bonchev–Trinajstić information content (AvgIpc) is 2.72. The Bertz CT molecular complexity index is 367. The Hall–Kier alpha value is -0.340. The molecular weight excluding hydrogens is 238 g/mol. The molecule has 1 fully saturated rings. The summed E-state index contributed by atoms with van der Waals surface area (Å²) in [5.41, 5.74) is 1.94. The molecule has 1 aliphatic carbocycles. The van der Waals surface area contributed by atoms with E-state index in [9.17, 15) is 0 Å². The Kier molecular flexibility index (Phi) is 4.50. The van der Waals surface area contributed by atoms with Gasteiger partial charge in [0.2, 0.25) is 0 Å². The second-order valence-electron chi connectivity index (χ2n) is 6.82. The van der Waals surface area contributed by atoms with Crippen molar-refractivity contribution in [1.29, 1.82) is 0 Å². The van der Waals surface area contributed by atoms with Crippen LogP contribution in [0.1, 0.15) is 56.9 Å². The number of rotatable bonds is 3. The third-order valence-electron chi connectivity index (χ3n) is 4.47. The van der Waals surface area contributed by atoms with Crippen LogP contribution in [0.25, 0.3) is 0 Å². The van der Waals surface area contributed by atoms with Crippen LogP contribution in [0.3, 0.4) is 0 Å². The van der Waals surface area contributed by atoms with Crippen LogP contribution >= 0.6 is 11.3 Å². The zero-order valence-corrected chi connectivity index (χ0v) is 13.1. The van der Waals surface area contributed by atoms with E-state index >= 15 is 0 Å². The second-order valence-corrected chi connectivity index (χ2v) is 7.82. The maximum Gasteiger partial charge on any atom is 0.0304 e. The van der Waals surface area contributed by atoms with E-state index in [0.717, 1.165) is 18.5 Å². The van der Waals surface area contributed by atoms with E-state index < -0.39 is 0 Å². The van der Waals surface area contributed by atoms with Gasteiger partial charge >= 0.3 is 0 Å². The Morgan fingerprint density at radius 2 is 1.89 bits per heavy atom. The molecule has 2 heteroatoms. The minimum atomic E-state index is 0.495. The van der Waals surface area contributed by atoms with E-state index in [-0.39, 0.29) is 0 Å². The van der Waals surface area contributed by atoms with Crippen molar-refractivity contribution in [1.82, 2.24) is 5.32 Å². The third-order valence-corrected chi connectivity index (χ3v) is 5.49. The van der Waals surface area contributed by atoms with Crippen LogP contribution in [-0.4, -0.2) is 6.04 Å². The highest BCUT2D eigenvalue weighted by atomic mass is 32.1. The molecule has 0 spiro atoms. The highest BCUT2D eigenvalue weighted by Crippen LogP contribution is 2.37. The summed E-state index contributed by atoms with van der Waals surface area (Å²) < 4.78 is 0. The first-order valence-corrected chi connectivity index (χ1v) is 8.11. The SMILES string of the molecule is Cc1ccsc1CNC1CCC(C(C)(C)C)CC1. The smallest absolute Gasteiger partial charge is 0.0304 e. The summed E-state index contributed by atoms with van der Waals surface area (Å²) in [5, 5.41) is 5.94. The molecule has 0 aliphatic heterocycles. The first kappa shape index (κ1) is 14.1. The fourth-order valence-corrected chi connectivity index (χ4v) is 3.84. The Morgan fingerprint density at radius 1 is 1.22 bits per heavy atom. The van der Waals surface area contributed by atoms with Crippen molar-refractivity contribution in [2.45, 2.75) is 66.0 Å². The molecule has 1 nitrogen and oxygen atoms in total. The van der Waals surface area contributed by atoms with Gasteiger partial charge in [0.05, 0.1) is 0 Å². The summed E-state index contributed by atoms with van der Waals surface area (Å²) in [6.07, 6.45) is 5.49. The molecule has 0 radical (unpaired) electrons. The molecule has 1 aromatic heterocycles. The summed E-state index contributed by atoms with van der Waals surface area (Å²) in [6, 6.07) is 2.96. The predicted molar refractivity (Wildman–Crippen MR) is 81.1 cm³/mol. The van der Waals surface area contributed by atoms with Crippen LogP contribution in [0.5, 0.6) is 0 Å². The number of nitrogens with one attached hydrogen (secondary N) is 1. The van der Waals surface area contributed by atoms with Crippen molar-refractivity contribution >= 4 is 11.3 Å². The molecule has 0 amide bonds. The van der Waals surface area contributed by atoms with Crippen LogP contribution in [0.2, 0.25) is 0 Å². The van der Waals surface area contributed by atoms with Gasteiger partial charge in [0.25, 0.3) is 0 Å². The lowest BCUT2D eigenvalue weighted by molar-refractivity contribution is 0.160. The van der Waals surface area contributed by atoms with Gasteiger partial charge in [-0.3, -0.25) is 0 Å². The van der Waals surface area contributed by atoms with Gasteiger partial charge in [0.1, 0.15) is 0 Å². The van der Waals surface area contributed by atoms with Crippen molar-refractivity contribution in [3.63, 3.8) is 0 Å². The Morgan fingerprint density at radius 3 is 2.39 bits per heavy atom. The molecular formula is C16H27NS. The second kappa shape index (κ2) is 5.75. The molecule has 1 heterocycles. The minimum absolute atomic E-state index is 0.495. The topological polar surface area (TPSA) is 12.0 Å². The number of thiophene rings is 1. The third kappa shape index (κ3) is 3.58. The van der Waals surface area contributed by atoms with Crippen molar-refractivity contribution in [2.75, 3.05) is 0 Å². The maximum atomic E-state index is 3.75. The van der Waals surface area contributed by atoms with Crippen molar-refractivity contribution < 1.29 is 0 Å². The predicted octanol–water partition coefficient (Wildman–Crippen LogP) is 4.75. The zero-order valence-electron chi connectivity index (χ0n) is 12.3. The Labute approximate surface area is 116 Å². The summed E-state index contributed by atoms with van der Waals surface area (Å²) in [4.78, 5) is 1.51. The molecule has 1 aromatic rings. The van der Waals surface area contributed by atoms with Crippen LogP contribution in [0.15, 0.2) is 11.4 Å². The fourth-order valence-electron chi connectivity index (χ4n) is 2.99. The summed E-state index contributed by atoms with van der Waals surface area (Å²) in [6.45, 7) is 10.4. The van der Waals surface area contributed by atoms with Crippen molar-refractivity contribution in [3.8, 4) is 0 Å². The molecule has 1 saturated carbocycles. The summed E-state index contributed by atoms with van der Waals surface area (Å²) in [7, 11) is 0. The maximum absolute atomic E-state index is 3.75. The number of hydrogen-bond acceptors (Lipinski definition) is 2. The molecule has 2 rings (SSSR count). The van der Waals surface area contributed by atoms with Gasteiger partial charge in [0, 0.05) is 17.5 Å². The molecule has 0 bridgehead atoms. The summed E-state index contributed by atoms with van der Waals surface area (Å²) >= 11 is 1.88. The average molecular weight is 265 g/mol. The quantitative estimate of drug-likeness (QED) is 0.831. The van der Waals surface area contributed by atoms with Crippen molar-refractivity contribution in [2.24, 2.45) is 11.3 Å². The molecule has 102 valence electrons. The molecule has 0 saturated heterocycles. The van der Waals surface area contributed by atoms with Gasteiger partial charge < -0.3 is 5.32 Å². The van der Waals surface area contributed by atoms with E-state index in [4.69, 9.17) is 0 Å². The summed E-state index contributed by atoms with van der Waals surface area (Å²) in [5.74, 6) is 0.916. The van der Waals surface area contributed by atoms with Crippen LogP contribution in [-0.2, 0) is 6.54 Å². The van der Waals surface area contributed by atoms with Gasteiger partial charge in [-0.25, -0.2) is 0 Å². The molecule has 1 aliphatic rings. The molecule has 0 unspecified atom stereocenters. The first-order chi connectivity index (χ1) is 8.47. The highest BCUT2D eigenvalue weighted by Gasteiger charge is 2.29. The van der Waals surface area contributed by atoms with Crippen LogP contribution in [0, 0.1) is 18.3 Å². The first-order valence-electron chi connectivity index (χ1n) is 7.23. The standard InChI is InChI=1S/C16H27NS/c1-12-9-10-18-15(12)11-17-14-7-5-13(6-8-14)16(2,3)4/h9-10,13-14,17H,5-8,11H2,1-4H3. The zero-order chi connectivity index (χ0) is 13.2. The molecule has 0 aromatic carbocycles. The Balaban J connectivity index is 1.76. The lowest BCUT2D eigenvalue weighted by Gasteiger charge is -2.37. The fraction of sp³-hybridized carbons (Fsp3) is 0.750.